The number of hydrogen-bond acceptors (Lipinski definition) is 6. The fourth-order valence-electron chi connectivity index (χ4n) is 4.12. The topological polar surface area (TPSA) is 104 Å². The first kappa shape index (κ1) is 23.0. The third-order valence-electron chi connectivity index (χ3n) is 5.65. The van der Waals surface area contributed by atoms with Gasteiger partial charge in [0, 0.05) is 29.2 Å². The zero-order valence-corrected chi connectivity index (χ0v) is 19.6. The summed E-state index contributed by atoms with van der Waals surface area (Å²) in [6, 6.07) is 15.7. The van der Waals surface area contributed by atoms with E-state index >= 15 is 0 Å². The maximum atomic E-state index is 13.1. The van der Waals surface area contributed by atoms with E-state index in [4.69, 9.17) is 14.6 Å². The van der Waals surface area contributed by atoms with Crippen LogP contribution in [0.1, 0.15) is 21.7 Å². The van der Waals surface area contributed by atoms with Crippen molar-refractivity contribution < 1.29 is 22.7 Å². The van der Waals surface area contributed by atoms with Crippen LogP contribution in [0.2, 0.25) is 0 Å². The smallest absolute Gasteiger partial charge is 0.238 e. The summed E-state index contributed by atoms with van der Waals surface area (Å²) < 4.78 is 36.7. The van der Waals surface area contributed by atoms with Crippen molar-refractivity contribution in [3.63, 3.8) is 0 Å². The number of benzene rings is 2. The lowest BCUT2D eigenvalue weighted by molar-refractivity contribution is 0.0624. The molecule has 2 N–H and O–H groups in total. The van der Waals surface area contributed by atoms with Crippen LogP contribution in [-0.2, 0) is 10.0 Å². The first-order chi connectivity index (χ1) is 15.6. The van der Waals surface area contributed by atoms with Crippen LogP contribution in [0.5, 0.6) is 11.5 Å². The Morgan fingerprint density at radius 1 is 1.12 bits per heavy atom. The number of Topliss-reactive ketones (excluding diaryl/α,β-unsaturated/α-hetero) is 1. The second kappa shape index (κ2) is 9.01. The molecule has 0 spiro atoms. The van der Waals surface area contributed by atoms with E-state index in [1.807, 2.05) is 60.7 Å². The lowest BCUT2D eigenvalue weighted by Crippen LogP contribution is -2.41. The normalized spacial score (nSPS) is 15.6. The van der Waals surface area contributed by atoms with Gasteiger partial charge in [-0.2, -0.15) is 0 Å². The highest BCUT2D eigenvalue weighted by Gasteiger charge is 2.24. The zero-order valence-electron chi connectivity index (χ0n) is 18.8. The Balaban J connectivity index is 1.45. The van der Waals surface area contributed by atoms with E-state index in [2.05, 4.69) is 0 Å². The van der Waals surface area contributed by atoms with Gasteiger partial charge in [-0.1, -0.05) is 12.1 Å². The van der Waals surface area contributed by atoms with Crippen molar-refractivity contribution in [2.24, 2.45) is 5.14 Å². The number of nitrogens with two attached hydrogens (primary N) is 1. The van der Waals surface area contributed by atoms with Crippen LogP contribution in [0.4, 0.5) is 0 Å². The highest BCUT2D eigenvalue weighted by molar-refractivity contribution is 7.89. The predicted octanol–water partition coefficient (Wildman–Crippen LogP) is 2.70. The van der Waals surface area contributed by atoms with Gasteiger partial charge in [0.25, 0.3) is 0 Å². The Labute approximate surface area is 193 Å². The summed E-state index contributed by atoms with van der Waals surface area (Å²) in [5.74, 6) is 1.44. The molecule has 0 aliphatic carbocycles. The molecule has 1 unspecified atom stereocenters. The molecule has 0 radical (unpaired) electrons. The number of hydrogen-bond donors (Lipinski definition) is 1. The molecule has 33 heavy (non-hydrogen) atoms. The Morgan fingerprint density at radius 3 is 2.45 bits per heavy atom. The molecule has 0 saturated heterocycles. The molecule has 1 atom stereocenters. The first-order valence-corrected chi connectivity index (χ1v) is 12.1. The standard InChI is InChI=1S/C24H27N3O5S/c1-16-12-21(17(2)27(16)18-8-10-20(11-9-18)33(25,29)30)22(28)14-26(3)13-19-15-31-23-6-4-5-7-24(23)32-19/h4-12,19H,13-15H2,1-3H3,(H2,25,29,30). The number of rotatable bonds is 7. The van der Waals surface area contributed by atoms with Crippen molar-refractivity contribution in [3.8, 4) is 17.2 Å². The van der Waals surface area contributed by atoms with Crippen molar-refractivity contribution in [1.82, 2.24) is 9.47 Å². The Hall–Kier alpha value is -3.14. The van der Waals surface area contributed by atoms with Gasteiger partial charge in [0.15, 0.2) is 17.3 Å². The van der Waals surface area contributed by atoms with Crippen molar-refractivity contribution in [1.29, 1.82) is 0 Å². The molecule has 3 aromatic rings. The summed E-state index contributed by atoms with van der Waals surface area (Å²) in [5, 5.41) is 5.19. The lowest BCUT2D eigenvalue weighted by atomic mass is 10.1. The molecule has 0 saturated carbocycles. The highest BCUT2D eigenvalue weighted by Crippen LogP contribution is 2.31. The van der Waals surface area contributed by atoms with Gasteiger partial charge in [-0.05, 0) is 63.4 Å². The van der Waals surface area contributed by atoms with E-state index in [9.17, 15) is 13.2 Å². The Kier molecular flexibility index (Phi) is 6.29. The summed E-state index contributed by atoms with van der Waals surface area (Å²) >= 11 is 0. The van der Waals surface area contributed by atoms with E-state index in [1.54, 1.807) is 12.1 Å². The molecule has 2 heterocycles. The number of carbonyl (C=O) groups is 1. The largest absolute Gasteiger partial charge is 0.486 e. The molecule has 9 heteroatoms. The second-order valence-electron chi connectivity index (χ2n) is 8.28. The maximum absolute atomic E-state index is 13.1. The fourth-order valence-corrected chi connectivity index (χ4v) is 4.64. The van der Waals surface area contributed by atoms with Crippen molar-refractivity contribution >= 4 is 15.8 Å². The van der Waals surface area contributed by atoms with Crippen LogP contribution in [-0.4, -0.2) is 56.5 Å². The predicted molar refractivity (Wildman–Crippen MR) is 125 cm³/mol. The average molecular weight is 470 g/mol. The summed E-state index contributed by atoms with van der Waals surface area (Å²) in [4.78, 5) is 15.0. The average Bonchev–Trinajstić information content (AvgIpc) is 3.07. The quantitative estimate of drug-likeness (QED) is 0.534. The number of ketones is 1. The third kappa shape index (κ3) is 4.95. The van der Waals surface area contributed by atoms with Crippen LogP contribution in [0.3, 0.4) is 0 Å². The Morgan fingerprint density at radius 2 is 1.79 bits per heavy atom. The van der Waals surface area contributed by atoms with E-state index in [0.717, 1.165) is 22.8 Å². The van der Waals surface area contributed by atoms with Crippen molar-refractivity contribution in [3.05, 3.63) is 71.5 Å². The number of aryl methyl sites for hydroxylation is 1. The van der Waals surface area contributed by atoms with Crippen molar-refractivity contribution in [2.45, 2.75) is 24.8 Å². The van der Waals surface area contributed by atoms with Crippen LogP contribution >= 0.6 is 0 Å². The van der Waals surface area contributed by atoms with Gasteiger partial charge < -0.3 is 14.0 Å². The third-order valence-corrected chi connectivity index (χ3v) is 6.58. The van der Waals surface area contributed by atoms with Crippen molar-refractivity contribution in [2.75, 3.05) is 26.7 Å². The van der Waals surface area contributed by atoms with Gasteiger partial charge >= 0.3 is 0 Å². The minimum atomic E-state index is -3.76. The summed E-state index contributed by atoms with van der Waals surface area (Å²) in [7, 11) is -1.88. The summed E-state index contributed by atoms with van der Waals surface area (Å²) in [6.07, 6.45) is -0.164. The van der Waals surface area contributed by atoms with Crippen LogP contribution in [0.15, 0.2) is 59.5 Å². The molecule has 0 fully saturated rings. The molecule has 174 valence electrons. The molecule has 1 aliphatic heterocycles. The van der Waals surface area contributed by atoms with Gasteiger partial charge in [-0.3, -0.25) is 9.69 Å². The highest BCUT2D eigenvalue weighted by atomic mass is 32.2. The van der Waals surface area contributed by atoms with Crippen LogP contribution in [0.25, 0.3) is 5.69 Å². The number of para-hydroxylation sites is 2. The van der Waals surface area contributed by atoms with Crippen LogP contribution in [0, 0.1) is 13.8 Å². The summed E-state index contributed by atoms with van der Waals surface area (Å²) in [5.41, 5.74) is 3.06. The monoisotopic (exact) mass is 469 g/mol. The molecule has 1 aliphatic rings. The first-order valence-electron chi connectivity index (χ1n) is 10.6. The van der Waals surface area contributed by atoms with E-state index in [-0.39, 0.29) is 23.3 Å². The number of aromatic nitrogens is 1. The molecule has 0 bridgehead atoms. The van der Waals surface area contributed by atoms with Gasteiger partial charge in [-0.15, -0.1) is 0 Å². The Bertz CT molecular complexity index is 1280. The molecule has 0 amide bonds. The minimum Gasteiger partial charge on any atom is -0.486 e. The van der Waals surface area contributed by atoms with Gasteiger partial charge in [0.2, 0.25) is 10.0 Å². The van der Waals surface area contributed by atoms with Gasteiger partial charge in [0.1, 0.15) is 12.7 Å². The molecular weight excluding hydrogens is 442 g/mol. The maximum Gasteiger partial charge on any atom is 0.238 e. The molecule has 1 aromatic heterocycles. The number of fused-ring (bicyclic) bond motifs is 1. The number of sulfonamides is 1. The number of primary sulfonamides is 1. The minimum absolute atomic E-state index is 0.00451. The molecular formula is C24H27N3O5S. The zero-order chi connectivity index (χ0) is 23.8. The number of carbonyl (C=O) groups excluding carboxylic acids is 1. The van der Waals surface area contributed by atoms with E-state index in [1.165, 1.54) is 12.1 Å². The number of ether oxygens (including phenoxy) is 2. The summed E-state index contributed by atoms with van der Waals surface area (Å²) in [6.45, 7) is 5.00. The second-order valence-corrected chi connectivity index (χ2v) is 9.84. The molecule has 2 aromatic carbocycles. The number of likely N-dealkylation sites (N-methyl/N-ethyl adjacent to an activating group) is 1. The fraction of sp³-hybridized carbons (Fsp3) is 0.292. The van der Waals surface area contributed by atoms with Crippen LogP contribution < -0.4 is 14.6 Å². The lowest BCUT2D eigenvalue weighted by Gasteiger charge is -2.29. The number of nitrogens with zero attached hydrogens (tertiary/aromatic N) is 2. The molecule has 4 rings (SSSR count). The molecule has 8 nitrogen and oxygen atoms in total. The van der Waals surface area contributed by atoms with Gasteiger partial charge in [0.05, 0.1) is 11.4 Å². The van der Waals surface area contributed by atoms with E-state index in [0.29, 0.717) is 24.5 Å². The van der Waals surface area contributed by atoms with Gasteiger partial charge in [-0.25, -0.2) is 13.6 Å². The van der Waals surface area contributed by atoms with E-state index < -0.39 is 10.0 Å². The SMILES string of the molecule is Cc1cc(C(=O)CN(C)CC2COc3ccccc3O2)c(C)n1-c1ccc(S(N)(=O)=O)cc1.